The van der Waals surface area contributed by atoms with Crippen LogP contribution in [0.1, 0.15) is 36.8 Å². The number of fused-ring (bicyclic) bond motifs is 1. The third kappa shape index (κ3) is 3.13. The zero-order valence-corrected chi connectivity index (χ0v) is 11.8. The summed E-state index contributed by atoms with van der Waals surface area (Å²) in [4.78, 5) is 0. The normalized spacial score (nSPS) is 18.3. The van der Waals surface area contributed by atoms with E-state index in [-0.39, 0.29) is 28.5 Å². The number of phenols is 2. The molecule has 3 nitrogen and oxygen atoms in total. The second-order valence-corrected chi connectivity index (χ2v) is 4.44. The van der Waals surface area contributed by atoms with E-state index in [1.807, 2.05) is 0 Å². The molecule has 0 radical (unpaired) electrons. The lowest BCUT2D eigenvalue weighted by Gasteiger charge is -2.26. The minimum atomic E-state index is 0. The van der Waals surface area contributed by atoms with Gasteiger partial charge in [-0.25, -0.2) is 0 Å². The van der Waals surface area contributed by atoms with Crippen LogP contribution in [-0.2, 0) is 6.42 Å². The van der Waals surface area contributed by atoms with Crippen LogP contribution in [0.3, 0.4) is 0 Å². The highest BCUT2D eigenvalue weighted by atomic mass is 79.9. The third-order valence-corrected chi connectivity index (χ3v) is 3.32. The lowest BCUT2D eigenvalue weighted by atomic mass is 9.82. The summed E-state index contributed by atoms with van der Waals surface area (Å²) in [7, 11) is 0. The second-order valence-electron chi connectivity index (χ2n) is 4.44. The fourth-order valence-corrected chi connectivity index (χ4v) is 2.46. The number of phenolic OH excluding ortho intramolecular Hbond substituents is 2. The molecule has 0 saturated carbocycles. The summed E-state index contributed by atoms with van der Waals surface area (Å²) in [5, 5.41) is 22.4. The van der Waals surface area contributed by atoms with Crippen molar-refractivity contribution in [2.75, 3.05) is 13.1 Å². The standard InChI is InChI=1S/C13H19NO2.BrH/c1-2-14-8-10-5-3-4-9-6-12(15)13(16)7-11(9)10;/h6-7,10,14-16H,2-5,8H2,1H3;1H. The van der Waals surface area contributed by atoms with Gasteiger partial charge >= 0.3 is 0 Å². The van der Waals surface area contributed by atoms with Crippen LogP contribution in [0, 0.1) is 0 Å². The van der Waals surface area contributed by atoms with Crippen molar-refractivity contribution in [3.8, 4) is 11.5 Å². The SMILES string of the molecule is Br.CCNCC1CCCc2cc(O)c(O)cc21. The molecule has 0 amide bonds. The molecule has 1 unspecified atom stereocenters. The van der Waals surface area contributed by atoms with Crippen LogP contribution < -0.4 is 5.32 Å². The maximum Gasteiger partial charge on any atom is 0.157 e. The van der Waals surface area contributed by atoms with Crippen molar-refractivity contribution in [2.45, 2.75) is 32.1 Å². The van der Waals surface area contributed by atoms with E-state index < -0.39 is 0 Å². The van der Waals surface area contributed by atoms with E-state index in [4.69, 9.17) is 0 Å². The number of hydrogen-bond donors (Lipinski definition) is 3. The first-order chi connectivity index (χ1) is 7.72. The highest BCUT2D eigenvalue weighted by Gasteiger charge is 2.21. The van der Waals surface area contributed by atoms with E-state index in [0.29, 0.717) is 5.92 Å². The van der Waals surface area contributed by atoms with Gasteiger partial charge in [-0.2, -0.15) is 0 Å². The van der Waals surface area contributed by atoms with Crippen LogP contribution in [0.4, 0.5) is 0 Å². The molecule has 17 heavy (non-hydrogen) atoms. The van der Waals surface area contributed by atoms with E-state index in [9.17, 15) is 10.2 Å². The van der Waals surface area contributed by atoms with Gasteiger partial charge in [0, 0.05) is 6.54 Å². The molecule has 1 aromatic carbocycles. The Hall–Kier alpha value is -0.740. The van der Waals surface area contributed by atoms with E-state index in [0.717, 1.165) is 32.4 Å². The molecule has 1 aliphatic carbocycles. The highest BCUT2D eigenvalue weighted by molar-refractivity contribution is 8.93. The van der Waals surface area contributed by atoms with Gasteiger partial charge in [-0.05, 0) is 55.0 Å². The first-order valence-electron chi connectivity index (χ1n) is 5.97. The Labute approximate surface area is 113 Å². The second kappa shape index (κ2) is 6.26. The summed E-state index contributed by atoms with van der Waals surface area (Å²) in [6.45, 7) is 4.02. The lowest BCUT2D eigenvalue weighted by molar-refractivity contribution is 0.399. The van der Waals surface area contributed by atoms with Gasteiger partial charge in [0.15, 0.2) is 11.5 Å². The fraction of sp³-hybridized carbons (Fsp3) is 0.538. The molecule has 96 valence electrons. The number of aryl methyl sites for hydroxylation is 1. The monoisotopic (exact) mass is 301 g/mol. The van der Waals surface area contributed by atoms with Crippen molar-refractivity contribution < 1.29 is 10.2 Å². The van der Waals surface area contributed by atoms with Crippen LogP contribution in [0.15, 0.2) is 12.1 Å². The van der Waals surface area contributed by atoms with Gasteiger partial charge in [-0.3, -0.25) is 0 Å². The molecule has 0 saturated heterocycles. The Morgan fingerprint density at radius 3 is 2.71 bits per heavy atom. The molecule has 1 atom stereocenters. The summed E-state index contributed by atoms with van der Waals surface area (Å²) < 4.78 is 0. The number of aromatic hydroxyl groups is 2. The van der Waals surface area contributed by atoms with Gasteiger partial charge in [-0.15, -0.1) is 17.0 Å². The van der Waals surface area contributed by atoms with Crippen LogP contribution in [0.2, 0.25) is 0 Å². The molecule has 0 heterocycles. The Morgan fingerprint density at radius 2 is 2.00 bits per heavy atom. The van der Waals surface area contributed by atoms with Gasteiger partial charge in [0.05, 0.1) is 0 Å². The molecule has 0 fully saturated rings. The molecule has 0 spiro atoms. The summed E-state index contributed by atoms with van der Waals surface area (Å²) in [5.41, 5.74) is 2.38. The highest BCUT2D eigenvalue weighted by Crippen LogP contribution is 2.37. The van der Waals surface area contributed by atoms with Crippen molar-refractivity contribution in [3.05, 3.63) is 23.3 Å². The van der Waals surface area contributed by atoms with E-state index in [1.165, 1.54) is 11.1 Å². The molecule has 0 aliphatic heterocycles. The number of rotatable bonds is 3. The quantitative estimate of drug-likeness (QED) is 0.753. The number of hydrogen-bond acceptors (Lipinski definition) is 3. The number of benzene rings is 1. The van der Waals surface area contributed by atoms with Crippen molar-refractivity contribution in [1.82, 2.24) is 5.32 Å². The molecule has 0 bridgehead atoms. The molecule has 1 aromatic rings. The smallest absolute Gasteiger partial charge is 0.157 e. The number of nitrogens with one attached hydrogen (secondary N) is 1. The molecule has 3 N–H and O–H groups in total. The molecular formula is C13H20BrNO2. The zero-order chi connectivity index (χ0) is 11.5. The van der Waals surface area contributed by atoms with Crippen molar-refractivity contribution >= 4 is 17.0 Å². The zero-order valence-electron chi connectivity index (χ0n) is 10.1. The van der Waals surface area contributed by atoms with Gasteiger partial charge in [-0.1, -0.05) is 6.92 Å². The number of likely N-dealkylation sites (N-methyl/N-ethyl adjacent to an activating group) is 1. The average Bonchev–Trinajstić information content (AvgIpc) is 2.28. The lowest BCUT2D eigenvalue weighted by Crippen LogP contribution is -2.24. The van der Waals surface area contributed by atoms with Gasteiger partial charge in [0.2, 0.25) is 0 Å². The maximum absolute atomic E-state index is 9.55. The van der Waals surface area contributed by atoms with Crippen LogP contribution in [0.5, 0.6) is 11.5 Å². The molecule has 4 heteroatoms. The first kappa shape index (κ1) is 14.3. The summed E-state index contributed by atoms with van der Waals surface area (Å²) in [5.74, 6) is 0.472. The minimum absolute atomic E-state index is 0. The van der Waals surface area contributed by atoms with E-state index in [2.05, 4.69) is 12.2 Å². The first-order valence-corrected chi connectivity index (χ1v) is 5.97. The molecular weight excluding hydrogens is 282 g/mol. The summed E-state index contributed by atoms with van der Waals surface area (Å²) >= 11 is 0. The van der Waals surface area contributed by atoms with Gasteiger partial charge in [0.25, 0.3) is 0 Å². The predicted molar refractivity (Wildman–Crippen MR) is 74.3 cm³/mol. The van der Waals surface area contributed by atoms with Crippen LogP contribution in [-0.4, -0.2) is 23.3 Å². The van der Waals surface area contributed by atoms with Gasteiger partial charge < -0.3 is 15.5 Å². The Kier molecular flexibility index (Phi) is 5.28. The maximum atomic E-state index is 9.55. The Bertz CT molecular complexity index is 382. The third-order valence-electron chi connectivity index (χ3n) is 3.32. The van der Waals surface area contributed by atoms with Crippen molar-refractivity contribution in [3.63, 3.8) is 0 Å². The fourth-order valence-electron chi connectivity index (χ4n) is 2.46. The van der Waals surface area contributed by atoms with Crippen molar-refractivity contribution in [1.29, 1.82) is 0 Å². The summed E-state index contributed by atoms with van der Waals surface area (Å²) in [6.07, 6.45) is 3.32. The predicted octanol–water partition coefficient (Wildman–Crippen LogP) is 2.71. The minimum Gasteiger partial charge on any atom is -0.504 e. The Morgan fingerprint density at radius 1 is 1.29 bits per heavy atom. The van der Waals surface area contributed by atoms with Gasteiger partial charge in [0.1, 0.15) is 0 Å². The van der Waals surface area contributed by atoms with Crippen molar-refractivity contribution in [2.24, 2.45) is 0 Å². The topological polar surface area (TPSA) is 52.5 Å². The Balaban J connectivity index is 0.00000144. The van der Waals surface area contributed by atoms with Crippen LogP contribution >= 0.6 is 17.0 Å². The largest absolute Gasteiger partial charge is 0.504 e. The van der Waals surface area contributed by atoms with E-state index >= 15 is 0 Å². The van der Waals surface area contributed by atoms with Crippen LogP contribution in [0.25, 0.3) is 0 Å². The molecule has 0 aromatic heterocycles. The number of halogens is 1. The molecule has 2 rings (SSSR count). The average molecular weight is 302 g/mol. The summed E-state index contributed by atoms with van der Waals surface area (Å²) in [6, 6.07) is 3.44. The van der Waals surface area contributed by atoms with E-state index in [1.54, 1.807) is 12.1 Å². The molecule has 1 aliphatic rings.